The number of nitrogens with zero attached hydrogens (tertiary/aromatic N) is 3. The summed E-state index contributed by atoms with van der Waals surface area (Å²) in [7, 11) is -3.92. The van der Waals surface area contributed by atoms with Gasteiger partial charge in [0.2, 0.25) is 10.0 Å². The molecule has 0 bridgehead atoms. The highest BCUT2D eigenvalue weighted by molar-refractivity contribution is 7.98. The molecule has 3 aromatic carbocycles. The Morgan fingerprint density at radius 2 is 1.50 bits per heavy atom. The molecule has 0 fully saturated rings. The zero-order chi connectivity index (χ0) is 24.3. The van der Waals surface area contributed by atoms with Crippen molar-refractivity contribution in [3.63, 3.8) is 0 Å². The minimum absolute atomic E-state index is 0.0481. The fourth-order valence-corrected chi connectivity index (χ4v) is 5.40. The minimum atomic E-state index is -3.92. The topological polar surface area (TPSA) is 76.9 Å². The van der Waals surface area contributed by atoms with E-state index in [-0.39, 0.29) is 10.7 Å². The number of aromatic nitrogens is 3. The van der Waals surface area contributed by atoms with Crippen molar-refractivity contribution in [1.29, 1.82) is 0 Å². The van der Waals surface area contributed by atoms with Gasteiger partial charge in [0, 0.05) is 11.4 Å². The number of hydrogen-bond acceptors (Lipinski definition) is 5. The van der Waals surface area contributed by atoms with Crippen molar-refractivity contribution in [2.75, 3.05) is 0 Å². The molecule has 0 aliphatic carbocycles. The first-order chi connectivity index (χ1) is 16.2. The quantitative estimate of drug-likeness (QED) is 0.337. The first-order valence-electron chi connectivity index (χ1n) is 10.4. The van der Waals surface area contributed by atoms with Gasteiger partial charge in [-0.05, 0) is 67.9 Å². The third-order valence-corrected chi connectivity index (χ3v) is 7.63. The molecule has 1 atom stereocenters. The van der Waals surface area contributed by atoms with E-state index < -0.39 is 21.9 Å². The second-order valence-electron chi connectivity index (χ2n) is 7.72. The average Bonchev–Trinajstić information content (AvgIpc) is 3.23. The summed E-state index contributed by atoms with van der Waals surface area (Å²) >= 11 is 1.41. The lowest BCUT2D eigenvalue weighted by molar-refractivity contribution is 0.555. The van der Waals surface area contributed by atoms with Crippen molar-refractivity contribution in [1.82, 2.24) is 19.5 Å². The van der Waals surface area contributed by atoms with Crippen molar-refractivity contribution in [3.05, 3.63) is 101 Å². The number of thioether (sulfide) groups is 1. The lowest BCUT2D eigenvalue weighted by Gasteiger charge is -2.17. The third kappa shape index (κ3) is 5.52. The maximum absolute atomic E-state index is 13.2. The molecule has 0 amide bonds. The summed E-state index contributed by atoms with van der Waals surface area (Å²) in [5.74, 6) is 0.103. The molecule has 4 aromatic rings. The van der Waals surface area contributed by atoms with Gasteiger partial charge in [0.15, 0.2) is 11.0 Å². The molecule has 0 aliphatic heterocycles. The Morgan fingerprint density at radius 3 is 2.12 bits per heavy atom. The molecule has 0 radical (unpaired) electrons. The van der Waals surface area contributed by atoms with Crippen LogP contribution >= 0.6 is 11.8 Å². The fraction of sp³-hybridized carbons (Fsp3) is 0.167. The van der Waals surface area contributed by atoms with E-state index in [0.717, 1.165) is 28.9 Å². The van der Waals surface area contributed by atoms with E-state index in [1.807, 2.05) is 31.2 Å². The minimum Gasteiger partial charge on any atom is -0.273 e. The molecule has 1 N–H and O–H groups in total. The molecule has 10 heteroatoms. The maximum atomic E-state index is 13.2. The molecule has 0 spiro atoms. The van der Waals surface area contributed by atoms with Crippen LogP contribution in [0.4, 0.5) is 8.78 Å². The summed E-state index contributed by atoms with van der Waals surface area (Å²) in [6, 6.07) is 17.8. The van der Waals surface area contributed by atoms with Gasteiger partial charge in [0.25, 0.3) is 0 Å². The first kappa shape index (κ1) is 24.1. The summed E-state index contributed by atoms with van der Waals surface area (Å²) in [4.78, 5) is -0.0481. The van der Waals surface area contributed by atoms with Gasteiger partial charge < -0.3 is 0 Å². The van der Waals surface area contributed by atoms with Gasteiger partial charge in [-0.25, -0.2) is 21.9 Å². The van der Waals surface area contributed by atoms with Gasteiger partial charge in [-0.15, -0.1) is 10.2 Å². The van der Waals surface area contributed by atoms with Gasteiger partial charge in [-0.1, -0.05) is 41.6 Å². The molecular formula is C24H22F2N4O2S2. The van der Waals surface area contributed by atoms with E-state index >= 15 is 0 Å². The largest absolute Gasteiger partial charge is 0.273 e. The molecule has 176 valence electrons. The lowest BCUT2D eigenvalue weighted by atomic mass is 10.2. The summed E-state index contributed by atoms with van der Waals surface area (Å²) in [5.41, 5.74) is 2.76. The van der Waals surface area contributed by atoms with Crippen LogP contribution in [-0.2, 0) is 15.8 Å². The molecule has 0 saturated heterocycles. The number of sulfonamides is 1. The summed E-state index contributed by atoms with van der Waals surface area (Å²) in [6.07, 6.45) is 0. The molecule has 1 aromatic heterocycles. The Labute approximate surface area is 201 Å². The van der Waals surface area contributed by atoms with Gasteiger partial charge in [0.1, 0.15) is 11.6 Å². The van der Waals surface area contributed by atoms with Crippen molar-refractivity contribution in [2.45, 2.75) is 35.7 Å². The summed E-state index contributed by atoms with van der Waals surface area (Å²) < 4.78 is 56.5. The normalized spacial score (nSPS) is 12.6. The van der Waals surface area contributed by atoms with Gasteiger partial charge >= 0.3 is 0 Å². The van der Waals surface area contributed by atoms with Crippen molar-refractivity contribution in [2.24, 2.45) is 0 Å². The van der Waals surface area contributed by atoms with E-state index in [0.29, 0.717) is 16.7 Å². The molecule has 6 nitrogen and oxygen atoms in total. The summed E-state index contributed by atoms with van der Waals surface area (Å²) in [5, 5.41) is 9.14. The number of benzene rings is 3. The number of halogens is 2. The molecule has 4 rings (SSSR count). The SMILES string of the molecule is Cc1ccc(-n2c(SCc3ccc(F)cc3)nnc2C(C)NS(=O)(=O)c2ccc(F)cc2)cc1. The standard InChI is InChI=1S/C24H22F2N4O2S2/c1-16-3-11-21(12-4-16)30-23(17(2)29-34(31,32)22-13-9-20(26)10-14-22)27-28-24(30)33-15-18-5-7-19(25)8-6-18/h3-14,17,29H,15H2,1-2H3. The van der Waals surface area contributed by atoms with Gasteiger partial charge in [-0.2, -0.15) is 0 Å². The molecule has 0 aliphatic rings. The number of rotatable bonds is 8. The Bertz CT molecular complexity index is 1370. The Balaban J connectivity index is 1.65. The van der Waals surface area contributed by atoms with E-state index in [1.54, 1.807) is 23.6 Å². The van der Waals surface area contributed by atoms with Crippen molar-refractivity contribution < 1.29 is 17.2 Å². The molecule has 34 heavy (non-hydrogen) atoms. The Morgan fingerprint density at radius 1 is 0.912 bits per heavy atom. The van der Waals surface area contributed by atoms with E-state index in [2.05, 4.69) is 14.9 Å². The second kappa shape index (κ2) is 10.0. The second-order valence-corrected chi connectivity index (χ2v) is 10.4. The van der Waals surface area contributed by atoms with Gasteiger partial charge in [-0.3, -0.25) is 4.57 Å². The van der Waals surface area contributed by atoms with Crippen LogP contribution in [0.25, 0.3) is 5.69 Å². The average molecular weight is 501 g/mol. The van der Waals surface area contributed by atoms with E-state index in [4.69, 9.17) is 0 Å². The number of nitrogens with one attached hydrogen (secondary N) is 1. The van der Waals surface area contributed by atoms with Crippen LogP contribution in [0.2, 0.25) is 0 Å². The van der Waals surface area contributed by atoms with Crippen LogP contribution in [0, 0.1) is 18.6 Å². The summed E-state index contributed by atoms with van der Waals surface area (Å²) in [6.45, 7) is 3.64. The molecule has 1 unspecified atom stereocenters. The smallest absolute Gasteiger partial charge is 0.241 e. The zero-order valence-electron chi connectivity index (χ0n) is 18.4. The van der Waals surface area contributed by atoms with Crippen LogP contribution in [0.15, 0.2) is 82.8 Å². The highest BCUT2D eigenvalue weighted by Crippen LogP contribution is 2.28. The number of aryl methyl sites for hydroxylation is 1. The Kier molecular flexibility index (Phi) is 7.11. The van der Waals surface area contributed by atoms with Crippen molar-refractivity contribution in [3.8, 4) is 5.69 Å². The molecular weight excluding hydrogens is 478 g/mol. The molecule has 1 heterocycles. The highest BCUT2D eigenvalue weighted by Gasteiger charge is 2.25. The fourth-order valence-electron chi connectivity index (χ4n) is 3.29. The number of hydrogen-bond donors (Lipinski definition) is 1. The lowest BCUT2D eigenvalue weighted by Crippen LogP contribution is -2.28. The monoisotopic (exact) mass is 500 g/mol. The zero-order valence-corrected chi connectivity index (χ0v) is 20.1. The Hall–Kier alpha value is -3.08. The third-order valence-electron chi connectivity index (χ3n) is 5.07. The predicted octanol–water partition coefficient (Wildman–Crippen LogP) is 5.19. The van der Waals surface area contributed by atoms with Crippen molar-refractivity contribution >= 4 is 21.8 Å². The first-order valence-corrected chi connectivity index (χ1v) is 12.9. The van der Waals surface area contributed by atoms with Crippen LogP contribution < -0.4 is 4.72 Å². The van der Waals surface area contributed by atoms with Crippen LogP contribution in [0.5, 0.6) is 0 Å². The molecule has 0 saturated carbocycles. The van der Waals surface area contributed by atoms with E-state index in [9.17, 15) is 17.2 Å². The predicted molar refractivity (Wildman–Crippen MR) is 127 cm³/mol. The van der Waals surface area contributed by atoms with E-state index in [1.165, 1.54) is 36.0 Å². The maximum Gasteiger partial charge on any atom is 0.241 e. The van der Waals surface area contributed by atoms with Crippen LogP contribution in [0.3, 0.4) is 0 Å². The highest BCUT2D eigenvalue weighted by atomic mass is 32.2. The van der Waals surface area contributed by atoms with Gasteiger partial charge in [0.05, 0.1) is 10.9 Å². The van der Waals surface area contributed by atoms with Crippen LogP contribution in [-0.4, -0.2) is 23.2 Å². The van der Waals surface area contributed by atoms with Crippen LogP contribution in [0.1, 0.15) is 29.9 Å².